The molecule has 0 aliphatic carbocycles. The lowest BCUT2D eigenvalue weighted by atomic mass is 10.2. The van der Waals surface area contributed by atoms with Crippen LogP contribution in [0.3, 0.4) is 0 Å². The predicted octanol–water partition coefficient (Wildman–Crippen LogP) is 2.88. The van der Waals surface area contributed by atoms with E-state index >= 15 is 0 Å². The summed E-state index contributed by atoms with van der Waals surface area (Å²) in [5.41, 5.74) is 6.99. The fourth-order valence-corrected chi connectivity index (χ4v) is 2.32. The molecule has 0 aliphatic rings. The molecule has 0 aromatic heterocycles. The number of amidine groups is 1. The highest BCUT2D eigenvalue weighted by atomic mass is 32.2. The molecule has 0 bridgehead atoms. The van der Waals surface area contributed by atoms with Crippen LogP contribution in [-0.2, 0) is 5.75 Å². The normalized spacial score (nSPS) is 11.7. The van der Waals surface area contributed by atoms with E-state index in [1.807, 2.05) is 30.3 Å². The smallest absolute Gasteiger partial charge is 0.273 e. The largest absolute Gasteiger partial charge is 0.508 e. The Balaban J connectivity index is 1.98. The maximum atomic E-state index is 10.7. The summed E-state index contributed by atoms with van der Waals surface area (Å²) < 4.78 is 0. The molecular formula is C15H14N4O3S. The van der Waals surface area contributed by atoms with Crippen molar-refractivity contribution in [3.8, 4) is 5.75 Å². The number of nitro benzene ring substituents is 1. The molecule has 0 unspecified atom stereocenters. The Labute approximate surface area is 136 Å². The van der Waals surface area contributed by atoms with Gasteiger partial charge in [0.05, 0.1) is 17.2 Å². The van der Waals surface area contributed by atoms with E-state index in [0.717, 1.165) is 11.6 Å². The van der Waals surface area contributed by atoms with Gasteiger partial charge >= 0.3 is 0 Å². The van der Waals surface area contributed by atoms with Gasteiger partial charge in [-0.15, -0.1) is 5.10 Å². The number of non-ortho nitro benzene ring substituents is 1. The average molecular weight is 330 g/mol. The Hall–Kier alpha value is -2.87. The van der Waals surface area contributed by atoms with Crippen LogP contribution in [-0.4, -0.2) is 21.4 Å². The molecule has 2 rings (SSSR count). The van der Waals surface area contributed by atoms with E-state index in [-0.39, 0.29) is 16.6 Å². The topological polar surface area (TPSA) is 114 Å². The molecule has 0 spiro atoms. The van der Waals surface area contributed by atoms with Crippen LogP contribution in [0.5, 0.6) is 5.75 Å². The van der Waals surface area contributed by atoms with E-state index in [1.165, 1.54) is 30.1 Å². The minimum absolute atomic E-state index is 0.212. The monoisotopic (exact) mass is 330 g/mol. The first kappa shape index (κ1) is 16.5. The van der Waals surface area contributed by atoms with E-state index in [2.05, 4.69) is 10.2 Å². The summed E-state index contributed by atoms with van der Waals surface area (Å²) in [4.78, 5) is 10.1. The summed E-state index contributed by atoms with van der Waals surface area (Å²) in [6, 6.07) is 13.5. The maximum Gasteiger partial charge on any atom is 0.273 e. The van der Waals surface area contributed by atoms with E-state index in [0.29, 0.717) is 11.3 Å². The van der Waals surface area contributed by atoms with Crippen molar-refractivity contribution in [2.45, 2.75) is 5.75 Å². The number of aromatic hydroxyl groups is 1. The zero-order valence-corrected chi connectivity index (χ0v) is 12.8. The van der Waals surface area contributed by atoms with Gasteiger partial charge in [-0.3, -0.25) is 10.1 Å². The molecule has 8 heteroatoms. The molecule has 2 aromatic carbocycles. The Kier molecular flexibility index (Phi) is 5.70. The quantitative estimate of drug-likeness (QED) is 0.378. The lowest BCUT2D eigenvalue weighted by Crippen LogP contribution is -2.06. The van der Waals surface area contributed by atoms with Crippen molar-refractivity contribution in [3.63, 3.8) is 0 Å². The van der Waals surface area contributed by atoms with Gasteiger partial charge in [0.1, 0.15) is 5.75 Å². The number of benzene rings is 2. The molecule has 2 aromatic rings. The van der Waals surface area contributed by atoms with Gasteiger partial charge in [0.25, 0.3) is 5.69 Å². The van der Waals surface area contributed by atoms with Crippen LogP contribution in [0.25, 0.3) is 0 Å². The van der Waals surface area contributed by atoms with Gasteiger partial charge < -0.3 is 10.8 Å². The summed E-state index contributed by atoms with van der Waals surface area (Å²) in [5.74, 6) is 0.458. The van der Waals surface area contributed by atoms with Crippen molar-refractivity contribution >= 4 is 28.8 Å². The molecule has 0 fully saturated rings. The first-order chi connectivity index (χ1) is 11.0. The fraction of sp³-hybridized carbons (Fsp3) is 0.0667. The van der Waals surface area contributed by atoms with Crippen LogP contribution in [0.2, 0.25) is 0 Å². The number of thioether (sulfide) groups is 1. The van der Waals surface area contributed by atoms with E-state index < -0.39 is 4.92 Å². The third-order valence-electron chi connectivity index (χ3n) is 2.73. The zero-order valence-electron chi connectivity index (χ0n) is 12.0. The Morgan fingerprint density at radius 2 is 2.04 bits per heavy atom. The molecule has 0 amide bonds. The molecule has 0 saturated heterocycles. The maximum absolute atomic E-state index is 10.7. The summed E-state index contributed by atoms with van der Waals surface area (Å²) in [6.45, 7) is 0. The van der Waals surface area contributed by atoms with Crippen molar-refractivity contribution in [1.82, 2.24) is 0 Å². The highest BCUT2D eigenvalue weighted by molar-refractivity contribution is 8.13. The lowest BCUT2D eigenvalue weighted by Gasteiger charge is -1.99. The predicted molar refractivity (Wildman–Crippen MR) is 91.7 cm³/mol. The number of nitro groups is 1. The molecule has 0 atom stereocenters. The first-order valence-corrected chi connectivity index (χ1v) is 7.55. The van der Waals surface area contributed by atoms with Gasteiger partial charge in [-0.2, -0.15) is 5.10 Å². The molecule has 0 heterocycles. The lowest BCUT2D eigenvalue weighted by molar-refractivity contribution is -0.384. The fourth-order valence-electron chi connectivity index (χ4n) is 1.71. The molecule has 118 valence electrons. The summed E-state index contributed by atoms with van der Waals surface area (Å²) in [7, 11) is 0. The Morgan fingerprint density at radius 1 is 1.30 bits per heavy atom. The summed E-state index contributed by atoms with van der Waals surface area (Å²) in [6.07, 6.45) is 1.29. The Bertz CT molecular complexity index is 748. The molecule has 0 aliphatic heterocycles. The minimum atomic E-state index is -0.593. The average Bonchev–Trinajstić information content (AvgIpc) is 2.53. The summed E-state index contributed by atoms with van der Waals surface area (Å²) in [5, 5.41) is 28.0. The zero-order chi connectivity index (χ0) is 16.7. The number of nitrogens with zero attached hydrogens (tertiary/aromatic N) is 3. The SMILES string of the molecule is NC(=NN=Cc1cc(O)cc([N+](=O)[O-])c1)SCc1ccccc1. The molecule has 0 radical (unpaired) electrons. The summed E-state index contributed by atoms with van der Waals surface area (Å²) >= 11 is 1.33. The first-order valence-electron chi connectivity index (χ1n) is 6.56. The van der Waals surface area contributed by atoms with E-state index in [9.17, 15) is 15.2 Å². The van der Waals surface area contributed by atoms with Gasteiger partial charge in [0.15, 0.2) is 5.17 Å². The molecule has 3 N–H and O–H groups in total. The second-order valence-electron chi connectivity index (χ2n) is 4.50. The van der Waals surface area contributed by atoms with Gasteiger partial charge in [0.2, 0.25) is 0 Å². The van der Waals surface area contributed by atoms with Gasteiger partial charge in [-0.05, 0) is 11.6 Å². The minimum Gasteiger partial charge on any atom is -0.508 e. The molecule has 23 heavy (non-hydrogen) atoms. The van der Waals surface area contributed by atoms with Crippen molar-refractivity contribution in [3.05, 3.63) is 69.8 Å². The van der Waals surface area contributed by atoms with Crippen LogP contribution >= 0.6 is 11.8 Å². The number of phenolic OH excluding ortho intramolecular Hbond substituents is 1. The van der Waals surface area contributed by atoms with Crippen LogP contribution in [0, 0.1) is 10.1 Å². The molecule has 0 saturated carbocycles. The van der Waals surface area contributed by atoms with Crippen molar-refractivity contribution in [2.24, 2.45) is 15.9 Å². The van der Waals surface area contributed by atoms with Crippen LogP contribution in [0.15, 0.2) is 58.7 Å². The Morgan fingerprint density at radius 3 is 2.74 bits per heavy atom. The van der Waals surface area contributed by atoms with Crippen LogP contribution in [0.1, 0.15) is 11.1 Å². The van der Waals surface area contributed by atoms with Crippen LogP contribution < -0.4 is 5.73 Å². The van der Waals surface area contributed by atoms with Crippen molar-refractivity contribution in [1.29, 1.82) is 0 Å². The highest BCUT2D eigenvalue weighted by Crippen LogP contribution is 2.20. The number of hydrogen-bond donors (Lipinski definition) is 2. The van der Waals surface area contributed by atoms with Crippen molar-refractivity contribution < 1.29 is 10.0 Å². The third kappa shape index (κ3) is 5.44. The highest BCUT2D eigenvalue weighted by Gasteiger charge is 2.08. The van der Waals surface area contributed by atoms with E-state index in [1.54, 1.807) is 0 Å². The standard InChI is InChI=1S/C15H14N4O3S/c16-15(23-10-11-4-2-1-3-5-11)18-17-9-12-6-13(19(21)22)8-14(20)7-12/h1-9,20H,10H2,(H2,16,18). The van der Waals surface area contributed by atoms with Crippen LogP contribution in [0.4, 0.5) is 5.69 Å². The third-order valence-corrected chi connectivity index (χ3v) is 3.58. The number of nitrogens with two attached hydrogens (primary N) is 1. The van der Waals surface area contributed by atoms with Gasteiger partial charge in [0, 0.05) is 17.4 Å². The van der Waals surface area contributed by atoms with E-state index in [4.69, 9.17) is 5.73 Å². The second-order valence-corrected chi connectivity index (χ2v) is 5.49. The van der Waals surface area contributed by atoms with Crippen molar-refractivity contribution in [2.75, 3.05) is 0 Å². The number of hydrogen-bond acceptors (Lipinski definition) is 6. The number of phenols is 1. The van der Waals surface area contributed by atoms with Gasteiger partial charge in [-0.25, -0.2) is 0 Å². The molecular weight excluding hydrogens is 316 g/mol. The molecule has 7 nitrogen and oxygen atoms in total. The number of rotatable bonds is 5. The second kappa shape index (κ2) is 7.95. The van der Waals surface area contributed by atoms with Gasteiger partial charge in [-0.1, -0.05) is 42.1 Å².